The van der Waals surface area contributed by atoms with Crippen molar-refractivity contribution in [3.8, 4) is 28.5 Å². The van der Waals surface area contributed by atoms with Crippen LogP contribution in [0.4, 0.5) is 10.8 Å². The summed E-state index contributed by atoms with van der Waals surface area (Å²) in [5, 5.41) is 6.08. The monoisotopic (exact) mass is 496 g/mol. The minimum Gasteiger partial charge on any atom is -0.497 e. The summed E-state index contributed by atoms with van der Waals surface area (Å²) < 4.78 is 16.6. The molecule has 0 unspecified atom stereocenters. The molecule has 8 nitrogen and oxygen atoms in total. The lowest BCUT2D eigenvalue weighted by Crippen LogP contribution is -2.48. The Morgan fingerprint density at radius 2 is 1.83 bits per heavy atom. The molecule has 186 valence electrons. The van der Waals surface area contributed by atoms with E-state index in [1.165, 1.54) is 0 Å². The number of rotatable bonds is 10. The van der Waals surface area contributed by atoms with Gasteiger partial charge in [-0.2, -0.15) is 0 Å². The van der Waals surface area contributed by atoms with Gasteiger partial charge in [0.1, 0.15) is 17.2 Å². The maximum absolute atomic E-state index is 12.8. The molecule has 0 bridgehead atoms. The highest BCUT2D eigenvalue weighted by Crippen LogP contribution is 2.31. The number of amides is 1. The average Bonchev–Trinajstić information content (AvgIpc) is 3.37. The Hall–Kier alpha value is -3.30. The molecule has 1 aromatic heterocycles. The van der Waals surface area contributed by atoms with Gasteiger partial charge in [-0.25, -0.2) is 4.98 Å². The maximum atomic E-state index is 12.8. The Kier molecular flexibility index (Phi) is 8.44. The summed E-state index contributed by atoms with van der Waals surface area (Å²) in [4.78, 5) is 22.1. The van der Waals surface area contributed by atoms with Crippen molar-refractivity contribution < 1.29 is 19.0 Å². The van der Waals surface area contributed by atoms with Crippen molar-refractivity contribution in [3.05, 3.63) is 47.8 Å². The van der Waals surface area contributed by atoms with Gasteiger partial charge in [0, 0.05) is 43.2 Å². The minimum absolute atomic E-state index is 0.0670. The number of nitrogens with zero attached hydrogens (tertiary/aromatic N) is 3. The fourth-order valence-corrected chi connectivity index (χ4v) is 4.85. The number of thiazole rings is 1. The number of methoxy groups -OCH3 is 1. The van der Waals surface area contributed by atoms with Crippen LogP contribution in [0.15, 0.2) is 47.8 Å². The van der Waals surface area contributed by atoms with Crippen molar-refractivity contribution in [2.24, 2.45) is 0 Å². The van der Waals surface area contributed by atoms with Crippen LogP contribution in [0.25, 0.3) is 11.3 Å². The molecule has 1 aliphatic heterocycles. The van der Waals surface area contributed by atoms with Crippen molar-refractivity contribution in [2.75, 3.05) is 63.3 Å². The third kappa shape index (κ3) is 6.43. The number of piperazine rings is 1. The van der Waals surface area contributed by atoms with Gasteiger partial charge in [0.05, 0.1) is 38.2 Å². The Balaban J connectivity index is 1.31. The molecule has 1 saturated heterocycles. The molecular formula is C26H32N4O4S. The Morgan fingerprint density at radius 1 is 1.03 bits per heavy atom. The number of ether oxygens (including phenoxy) is 3. The van der Waals surface area contributed by atoms with Crippen LogP contribution in [0.1, 0.15) is 13.8 Å². The Labute approximate surface area is 210 Å². The molecule has 0 saturated carbocycles. The molecule has 2 aromatic carbocycles. The van der Waals surface area contributed by atoms with Crippen LogP contribution in [0.3, 0.4) is 0 Å². The van der Waals surface area contributed by atoms with Crippen molar-refractivity contribution in [2.45, 2.75) is 13.8 Å². The number of hydrogen-bond donors (Lipinski definition) is 1. The summed E-state index contributed by atoms with van der Waals surface area (Å²) in [5.41, 5.74) is 2.63. The molecular weight excluding hydrogens is 464 g/mol. The van der Waals surface area contributed by atoms with Crippen molar-refractivity contribution in [1.29, 1.82) is 0 Å². The molecule has 0 atom stereocenters. The number of nitrogens with one attached hydrogen (secondary N) is 1. The first-order chi connectivity index (χ1) is 17.1. The summed E-state index contributed by atoms with van der Waals surface area (Å²) in [5.74, 6) is 2.10. The highest BCUT2D eigenvalue weighted by atomic mass is 32.1. The molecule has 0 aliphatic carbocycles. The van der Waals surface area contributed by atoms with Crippen LogP contribution < -0.4 is 24.4 Å². The number of aromatic nitrogens is 1. The summed E-state index contributed by atoms with van der Waals surface area (Å²) in [6.07, 6.45) is 0. The summed E-state index contributed by atoms with van der Waals surface area (Å²) in [6, 6.07) is 13.4. The normalized spacial score (nSPS) is 14.0. The van der Waals surface area contributed by atoms with Crippen LogP contribution in [0, 0.1) is 0 Å². The molecule has 1 N–H and O–H groups in total. The van der Waals surface area contributed by atoms with E-state index in [-0.39, 0.29) is 5.91 Å². The van der Waals surface area contributed by atoms with Gasteiger partial charge < -0.3 is 24.4 Å². The van der Waals surface area contributed by atoms with E-state index in [9.17, 15) is 4.79 Å². The van der Waals surface area contributed by atoms with Crippen molar-refractivity contribution >= 4 is 28.1 Å². The number of hydrogen-bond acceptors (Lipinski definition) is 8. The lowest BCUT2D eigenvalue weighted by atomic mass is 10.2. The summed E-state index contributed by atoms with van der Waals surface area (Å²) in [7, 11) is 1.67. The smallest absolute Gasteiger partial charge is 0.238 e. The second kappa shape index (κ2) is 11.9. The molecule has 1 fully saturated rings. The van der Waals surface area contributed by atoms with Crippen LogP contribution in [0.2, 0.25) is 0 Å². The molecule has 9 heteroatoms. The van der Waals surface area contributed by atoms with Crippen molar-refractivity contribution in [3.63, 3.8) is 0 Å². The first kappa shape index (κ1) is 24.8. The largest absolute Gasteiger partial charge is 0.497 e. The van der Waals surface area contributed by atoms with Gasteiger partial charge in [0.25, 0.3) is 0 Å². The summed E-state index contributed by atoms with van der Waals surface area (Å²) >= 11 is 1.64. The minimum atomic E-state index is -0.0670. The molecule has 3 aromatic rings. The lowest BCUT2D eigenvalue weighted by molar-refractivity contribution is -0.117. The van der Waals surface area contributed by atoms with Crippen LogP contribution in [-0.4, -0.2) is 68.8 Å². The first-order valence-corrected chi connectivity index (χ1v) is 12.7. The third-order valence-corrected chi connectivity index (χ3v) is 6.60. The number of anilines is 2. The predicted octanol–water partition coefficient (Wildman–Crippen LogP) is 4.38. The zero-order valence-corrected chi connectivity index (χ0v) is 21.3. The van der Waals surface area contributed by atoms with Gasteiger partial charge in [0.2, 0.25) is 5.91 Å². The van der Waals surface area contributed by atoms with Crippen LogP contribution in [-0.2, 0) is 4.79 Å². The fraction of sp³-hybridized carbons (Fsp3) is 0.385. The van der Waals surface area contributed by atoms with Gasteiger partial charge >= 0.3 is 0 Å². The van der Waals surface area contributed by atoms with E-state index in [0.717, 1.165) is 48.3 Å². The second-order valence-electron chi connectivity index (χ2n) is 8.08. The second-order valence-corrected chi connectivity index (χ2v) is 8.92. The van der Waals surface area contributed by atoms with E-state index >= 15 is 0 Å². The predicted molar refractivity (Wildman–Crippen MR) is 140 cm³/mol. The van der Waals surface area contributed by atoms with Gasteiger partial charge in [0.15, 0.2) is 5.13 Å². The molecule has 0 radical (unpaired) electrons. The molecule has 1 amide bonds. The topological polar surface area (TPSA) is 76.2 Å². The fourth-order valence-electron chi connectivity index (χ4n) is 3.96. The zero-order chi connectivity index (χ0) is 24.6. The highest BCUT2D eigenvalue weighted by Gasteiger charge is 2.22. The van der Waals surface area contributed by atoms with E-state index in [1.54, 1.807) is 18.4 Å². The molecule has 1 aliphatic rings. The van der Waals surface area contributed by atoms with E-state index in [1.807, 2.05) is 56.3 Å². The van der Waals surface area contributed by atoms with Crippen LogP contribution in [0.5, 0.6) is 17.2 Å². The molecule has 4 rings (SSSR count). The zero-order valence-electron chi connectivity index (χ0n) is 20.5. The first-order valence-electron chi connectivity index (χ1n) is 11.9. The standard InChI is InChI=1S/C26H32N4O4S/c1-4-33-21-9-10-24(34-5-2)22(16-21)27-25(31)17-29-11-13-30(14-12-29)26-28-23(18-35-26)19-7-6-8-20(15-19)32-3/h6-10,15-16,18H,4-5,11-14,17H2,1-3H3,(H,27,31). The Bertz CT molecular complexity index is 1130. The maximum Gasteiger partial charge on any atom is 0.238 e. The quantitative estimate of drug-likeness (QED) is 0.446. The number of carbonyl (C=O) groups is 1. The van der Waals surface area contributed by atoms with E-state index < -0.39 is 0 Å². The van der Waals surface area contributed by atoms with Crippen LogP contribution >= 0.6 is 11.3 Å². The van der Waals surface area contributed by atoms with Gasteiger partial charge in [-0.3, -0.25) is 9.69 Å². The van der Waals surface area contributed by atoms with Gasteiger partial charge in [-0.15, -0.1) is 11.3 Å². The molecule has 0 spiro atoms. The van der Waals surface area contributed by atoms with E-state index in [4.69, 9.17) is 19.2 Å². The van der Waals surface area contributed by atoms with Crippen molar-refractivity contribution in [1.82, 2.24) is 9.88 Å². The highest BCUT2D eigenvalue weighted by molar-refractivity contribution is 7.14. The Morgan fingerprint density at radius 3 is 2.57 bits per heavy atom. The number of carbonyl (C=O) groups excluding carboxylic acids is 1. The average molecular weight is 497 g/mol. The summed E-state index contributed by atoms with van der Waals surface area (Å²) in [6.45, 7) is 8.48. The van der Waals surface area contributed by atoms with Gasteiger partial charge in [-0.1, -0.05) is 12.1 Å². The lowest BCUT2D eigenvalue weighted by Gasteiger charge is -2.34. The van der Waals surface area contributed by atoms with E-state index in [2.05, 4.69) is 20.5 Å². The van der Waals surface area contributed by atoms with E-state index in [0.29, 0.717) is 36.9 Å². The SMILES string of the molecule is CCOc1ccc(OCC)c(NC(=O)CN2CCN(c3nc(-c4cccc(OC)c4)cs3)CC2)c1. The third-order valence-electron chi connectivity index (χ3n) is 5.70. The molecule has 2 heterocycles. The van der Waals surface area contributed by atoms with Gasteiger partial charge in [-0.05, 0) is 38.1 Å². The number of benzene rings is 2. The molecule has 35 heavy (non-hydrogen) atoms.